The maximum atomic E-state index is 5.98. The van der Waals surface area contributed by atoms with Crippen molar-refractivity contribution in [3.05, 3.63) is 33.9 Å². The van der Waals surface area contributed by atoms with Crippen LogP contribution in [0.25, 0.3) is 0 Å². The molecule has 0 bridgehead atoms. The summed E-state index contributed by atoms with van der Waals surface area (Å²) in [4.78, 5) is 0. The van der Waals surface area contributed by atoms with Crippen LogP contribution in [0.3, 0.4) is 0 Å². The predicted molar refractivity (Wildman–Crippen MR) is 73.2 cm³/mol. The third-order valence-electron chi connectivity index (χ3n) is 4.23. The monoisotopic (exact) mass is 252 g/mol. The fraction of sp³-hybridized carbons (Fsp3) is 0.600. The Hall–Kier alpha value is -0.530. The van der Waals surface area contributed by atoms with E-state index in [9.17, 15) is 0 Å². The number of aryl methyl sites for hydroxylation is 2. The van der Waals surface area contributed by atoms with Crippen molar-refractivity contribution in [3.63, 3.8) is 0 Å². The summed E-state index contributed by atoms with van der Waals surface area (Å²) >= 11 is 5.98. The van der Waals surface area contributed by atoms with Gasteiger partial charge in [0, 0.05) is 11.3 Å². The van der Waals surface area contributed by atoms with Crippen LogP contribution in [0.2, 0.25) is 0 Å². The number of ether oxygens (including phenoxy) is 1. The Kier molecular flexibility index (Phi) is 3.51. The first-order chi connectivity index (χ1) is 8.02. The van der Waals surface area contributed by atoms with Crippen LogP contribution in [0.15, 0.2) is 6.07 Å². The van der Waals surface area contributed by atoms with Crippen molar-refractivity contribution < 1.29 is 4.74 Å². The third kappa shape index (κ3) is 2.00. The molecule has 1 aromatic carbocycles. The molecular formula is C15H21ClO. The molecule has 0 radical (unpaired) electrons. The lowest BCUT2D eigenvalue weighted by atomic mass is 9.71. The molecule has 1 aliphatic heterocycles. The molecule has 0 atom stereocenters. The van der Waals surface area contributed by atoms with Gasteiger partial charge < -0.3 is 4.74 Å². The van der Waals surface area contributed by atoms with Crippen molar-refractivity contribution in [1.82, 2.24) is 0 Å². The van der Waals surface area contributed by atoms with Gasteiger partial charge in [-0.2, -0.15) is 0 Å². The van der Waals surface area contributed by atoms with Gasteiger partial charge in [-0.25, -0.2) is 0 Å². The average molecular weight is 253 g/mol. The maximum Gasteiger partial charge on any atom is 0.0586 e. The van der Waals surface area contributed by atoms with Crippen molar-refractivity contribution in [2.75, 3.05) is 19.1 Å². The molecule has 1 aliphatic rings. The van der Waals surface area contributed by atoms with Gasteiger partial charge in [0.2, 0.25) is 0 Å². The van der Waals surface area contributed by atoms with E-state index in [0.29, 0.717) is 5.88 Å². The van der Waals surface area contributed by atoms with E-state index in [1.807, 2.05) is 0 Å². The molecule has 0 aliphatic carbocycles. The Bertz CT molecular complexity index is 407. The maximum absolute atomic E-state index is 5.98. The standard InChI is InChI=1S/C15H21ClO/c1-10-7-11(2)13(4)14(12(10)3)15(5-6-16)8-17-9-15/h7H,5-6,8-9H2,1-4H3. The molecular weight excluding hydrogens is 232 g/mol. The SMILES string of the molecule is Cc1cc(C)c(C)c(C2(CCCl)COC2)c1C. The van der Waals surface area contributed by atoms with Gasteiger partial charge in [0.15, 0.2) is 0 Å². The number of benzene rings is 1. The predicted octanol–water partition coefficient (Wildman–Crippen LogP) is 3.82. The van der Waals surface area contributed by atoms with Gasteiger partial charge in [-0.1, -0.05) is 6.07 Å². The van der Waals surface area contributed by atoms with E-state index in [-0.39, 0.29) is 5.41 Å². The molecule has 2 heteroatoms. The van der Waals surface area contributed by atoms with Crippen molar-refractivity contribution in [3.8, 4) is 0 Å². The van der Waals surface area contributed by atoms with Crippen LogP contribution in [0.1, 0.15) is 34.2 Å². The lowest BCUT2D eigenvalue weighted by Crippen LogP contribution is -2.48. The summed E-state index contributed by atoms with van der Waals surface area (Å²) in [5, 5.41) is 0. The quantitative estimate of drug-likeness (QED) is 0.744. The van der Waals surface area contributed by atoms with Crippen LogP contribution >= 0.6 is 11.6 Å². The zero-order chi connectivity index (χ0) is 12.6. The topological polar surface area (TPSA) is 9.23 Å². The minimum Gasteiger partial charge on any atom is -0.379 e. The summed E-state index contributed by atoms with van der Waals surface area (Å²) < 4.78 is 5.48. The van der Waals surface area contributed by atoms with Crippen LogP contribution in [0, 0.1) is 27.7 Å². The zero-order valence-corrected chi connectivity index (χ0v) is 11.9. The summed E-state index contributed by atoms with van der Waals surface area (Å²) in [5.74, 6) is 0.704. The summed E-state index contributed by atoms with van der Waals surface area (Å²) in [6.45, 7) is 10.5. The second-order valence-electron chi connectivity index (χ2n) is 5.35. The van der Waals surface area contributed by atoms with Crippen molar-refractivity contribution in [2.45, 2.75) is 39.5 Å². The fourth-order valence-corrected chi connectivity index (χ4v) is 3.32. The lowest BCUT2D eigenvalue weighted by Gasteiger charge is -2.44. The van der Waals surface area contributed by atoms with Gasteiger partial charge in [-0.3, -0.25) is 0 Å². The van der Waals surface area contributed by atoms with Gasteiger partial charge in [0.1, 0.15) is 0 Å². The molecule has 17 heavy (non-hydrogen) atoms. The van der Waals surface area contributed by atoms with Crippen LogP contribution in [-0.2, 0) is 10.2 Å². The highest BCUT2D eigenvalue weighted by atomic mass is 35.5. The number of hydrogen-bond acceptors (Lipinski definition) is 1. The molecule has 1 aromatic rings. The Labute approximate surface area is 109 Å². The number of alkyl halides is 1. The Morgan fingerprint density at radius 1 is 1.12 bits per heavy atom. The molecule has 0 aromatic heterocycles. The van der Waals surface area contributed by atoms with E-state index in [2.05, 4.69) is 33.8 Å². The van der Waals surface area contributed by atoms with Gasteiger partial charge in [0.25, 0.3) is 0 Å². The molecule has 0 N–H and O–H groups in total. The van der Waals surface area contributed by atoms with E-state index in [4.69, 9.17) is 16.3 Å². The first-order valence-electron chi connectivity index (χ1n) is 6.23. The largest absolute Gasteiger partial charge is 0.379 e. The van der Waals surface area contributed by atoms with Crippen molar-refractivity contribution in [1.29, 1.82) is 0 Å². The summed E-state index contributed by atoms with van der Waals surface area (Å²) in [5.41, 5.74) is 7.25. The average Bonchev–Trinajstić information content (AvgIpc) is 2.23. The van der Waals surface area contributed by atoms with E-state index < -0.39 is 0 Å². The van der Waals surface area contributed by atoms with Gasteiger partial charge in [-0.05, 0) is 61.9 Å². The minimum absolute atomic E-state index is 0.173. The van der Waals surface area contributed by atoms with Gasteiger partial charge >= 0.3 is 0 Å². The summed E-state index contributed by atoms with van der Waals surface area (Å²) in [7, 11) is 0. The highest BCUT2D eigenvalue weighted by Gasteiger charge is 2.42. The molecule has 0 amide bonds. The molecule has 1 heterocycles. The molecule has 94 valence electrons. The normalized spacial score (nSPS) is 17.9. The highest BCUT2D eigenvalue weighted by molar-refractivity contribution is 6.17. The minimum atomic E-state index is 0.173. The molecule has 1 saturated heterocycles. The third-order valence-corrected chi connectivity index (χ3v) is 4.42. The smallest absolute Gasteiger partial charge is 0.0586 e. The van der Waals surface area contributed by atoms with Crippen LogP contribution in [0.5, 0.6) is 0 Å². The summed E-state index contributed by atoms with van der Waals surface area (Å²) in [6, 6.07) is 2.28. The second-order valence-corrected chi connectivity index (χ2v) is 5.73. The number of hydrogen-bond donors (Lipinski definition) is 0. The van der Waals surface area contributed by atoms with E-state index in [1.165, 1.54) is 27.8 Å². The van der Waals surface area contributed by atoms with E-state index >= 15 is 0 Å². The van der Waals surface area contributed by atoms with Crippen LogP contribution in [-0.4, -0.2) is 19.1 Å². The summed E-state index contributed by atoms with van der Waals surface area (Å²) in [6.07, 6.45) is 1.01. The Morgan fingerprint density at radius 3 is 2.00 bits per heavy atom. The molecule has 0 saturated carbocycles. The van der Waals surface area contributed by atoms with Crippen LogP contribution in [0.4, 0.5) is 0 Å². The Balaban J connectivity index is 2.57. The fourth-order valence-electron chi connectivity index (χ4n) is 2.96. The first kappa shape index (κ1) is 12.9. The first-order valence-corrected chi connectivity index (χ1v) is 6.77. The molecule has 1 fully saturated rings. The number of halogens is 1. The van der Waals surface area contributed by atoms with Gasteiger partial charge in [-0.15, -0.1) is 11.6 Å². The Morgan fingerprint density at radius 2 is 1.65 bits per heavy atom. The molecule has 0 unspecified atom stereocenters. The number of rotatable bonds is 3. The molecule has 2 rings (SSSR count). The molecule has 1 nitrogen and oxygen atoms in total. The zero-order valence-electron chi connectivity index (χ0n) is 11.2. The van der Waals surface area contributed by atoms with Gasteiger partial charge in [0.05, 0.1) is 13.2 Å². The highest BCUT2D eigenvalue weighted by Crippen LogP contribution is 2.41. The van der Waals surface area contributed by atoms with Crippen molar-refractivity contribution >= 4 is 11.6 Å². The van der Waals surface area contributed by atoms with Crippen LogP contribution < -0.4 is 0 Å². The van der Waals surface area contributed by atoms with E-state index in [1.54, 1.807) is 0 Å². The molecule has 0 spiro atoms. The second kappa shape index (κ2) is 4.62. The lowest BCUT2D eigenvalue weighted by molar-refractivity contribution is -0.0622. The van der Waals surface area contributed by atoms with E-state index in [0.717, 1.165) is 19.6 Å². The van der Waals surface area contributed by atoms with Crippen molar-refractivity contribution in [2.24, 2.45) is 0 Å².